The number of aromatic amines is 1. The zero-order valence-corrected chi connectivity index (χ0v) is 15.9. The molecule has 0 aliphatic carbocycles. The summed E-state index contributed by atoms with van der Waals surface area (Å²) in [5, 5.41) is 10.9. The van der Waals surface area contributed by atoms with Gasteiger partial charge < -0.3 is 14.0 Å². The molecule has 0 fully saturated rings. The van der Waals surface area contributed by atoms with Gasteiger partial charge in [-0.3, -0.25) is 14.4 Å². The van der Waals surface area contributed by atoms with Gasteiger partial charge in [0.25, 0.3) is 5.56 Å². The van der Waals surface area contributed by atoms with Crippen LogP contribution >= 0.6 is 0 Å². The summed E-state index contributed by atoms with van der Waals surface area (Å²) in [6.45, 7) is 6.23. The van der Waals surface area contributed by atoms with Crippen LogP contribution in [-0.4, -0.2) is 38.2 Å². The lowest BCUT2D eigenvalue weighted by Gasteiger charge is -2.26. The Bertz CT molecular complexity index is 1070. The lowest BCUT2D eigenvalue weighted by molar-refractivity contribution is -0.216. The summed E-state index contributed by atoms with van der Waals surface area (Å²) >= 11 is 0. The number of carbonyl (C=O) groups excluding carboxylic acids is 1. The van der Waals surface area contributed by atoms with Crippen LogP contribution < -0.4 is 5.56 Å². The summed E-state index contributed by atoms with van der Waals surface area (Å²) in [5.74, 6) is 0.465. The third kappa shape index (κ3) is 3.82. The molecular weight excluding hydrogens is 362 g/mol. The van der Waals surface area contributed by atoms with Crippen molar-refractivity contribution in [1.82, 2.24) is 19.6 Å². The molecule has 1 amide bonds. The molecule has 0 atom stereocenters. The highest BCUT2D eigenvalue weighted by Gasteiger charge is 2.24. The average Bonchev–Trinajstić information content (AvgIpc) is 3.26. The summed E-state index contributed by atoms with van der Waals surface area (Å²) in [5.41, 5.74) is 0.513. The molecule has 0 spiro atoms. The second kappa shape index (κ2) is 7.70. The van der Waals surface area contributed by atoms with Crippen molar-refractivity contribution in [3.8, 4) is 17.5 Å². The monoisotopic (exact) mass is 383 g/mol. The van der Waals surface area contributed by atoms with Crippen LogP contribution in [-0.2, 0) is 16.2 Å². The lowest BCUT2D eigenvalue weighted by Crippen LogP contribution is -2.34. The zero-order chi connectivity index (χ0) is 20.3. The number of carbonyl (C=O) groups is 1. The van der Waals surface area contributed by atoms with Gasteiger partial charge in [0.05, 0.1) is 24.7 Å². The molecule has 28 heavy (non-hydrogen) atoms. The number of aromatic nitrogens is 3. The molecule has 0 aromatic carbocycles. The van der Waals surface area contributed by atoms with Crippen LogP contribution in [0.15, 0.2) is 33.9 Å². The van der Waals surface area contributed by atoms with Gasteiger partial charge >= 0.3 is 0 Å². The second-order valence-corrected chi connectivity index (χ2v) is 7.20. The number of nitriles is 1. The molecule has 0 unspecified atom stereocenters. The third-order valence-corrected chi connectivity index (χ3v) is 3.98. The number of nitrogens with zero attached hydrogens (tertiary/aromatic N) is 4. The number of hydrogen-bond donors (Lipinski definition) is 1. The van der Waals surface area contributed by atoms with Crippen LogP contribution in [0.5, 0.6) is 0 Å². The molecule has 0 saturated carbocycles. The van der Waals surface area contributed by atoms with Crippen molar-refractivity contribution in [3.05, 3.63) is 40.6 Å². The topological polar surface area (TPSA) is 117 Å². The normalized spacial score (nSPS) is 11.5. The number of nitrogens with one attached hydrogen (secondary N) is 1. The van der Waals surface area contributed by atoms with Crippen LogP contribution in [0.3, 0.4) is 0 Å². The summed E-state index contributed by atoms with van der Waals surface area (Å²) < 4.78 is 7.19. The van der Waals surface area contributed by atoms with E-state index in [4.69, 9.17) is 9.25 Å². The molecule has 9 heteroatoms. The van der Waals surface area contributed by atoms with E-state index in [1.807, 2.05) is 20.8 Å². The minimum Gasteiger partial charge on any atom is -0.463 e. The quantitative estimate of drug-likeness (QED) is 0.495. The van der Waals surface area contributed by atoms with Crippen molar-refractivity contribution in [2.24, 2.45) is 0 Å². The molecule has 0 saturated heterocycles. The fourth-order valence-electron chi connectivity index (χ4n) is 3.04. The first-order valence-electron chi connectivity index (χ1n) is 8.80. The Morgan fingerprint density at radius 2 is 2.25 bits per heavy atom. The molecule has 3 aromatic rings. The number of fused-ring (bicyclic) bond motifs is 1. The minimum absolute atomic E-state index is 0.272. The van der Waals surface area contributed by atoms with E-state index in [1.165, 1.54) is 17.7 Å². The van der Waals surface area contributed by atoms with E-state index in [2.05, 4.69) is 16.0 Å². The van der Waals surface area contributed by atoms with E-state index in [9.17, 15) is 14.9 Å². The Kier molecular flexibility index (Phi) is 5.33. The number of aryl methyl sites for hydroxylation is 1. The van der Waals surface area contributed by atoms with Crippen LogP contribution in [0.4, 0.5) is 0 Å². The second-order valence-electron chi connectivity index (χ2n) is 7.20. The van der Waals surface area contributed by atoms with Crippen molar-refractivity contribution in [2.75, 3.05) is 6.54 Å². The molecular formula is C19H21N5O4. The molecule has 146 valence electrons. The summed E-state index contributed by atoms with van der Waals surface area (Å²) in [6, 6.07) is 5.56. The summed E-state index contributed by atoms with van der Waals surface area (Å²) in [6.07, 6.45) is 3.89. The first-order chi connectivity index (χ1) is 13.4. The maximum Gasteiger partial charge on any atom is 0.275 e. The molecule has 0 bridgehead atoms. The number of amides is 1. The molecule has 0 aliphatic rings. The van der Waals surface area contributed by atoms with Gasteiger partial charge in [-0.05, 0) is 39.3 Å². The van der Waals surface area contributed by atoms with E-state index in [0.717, 1.165) is 0 Å². The van der Waals surface area contributed by atoms with Crippen molar-refractivity contribution in [3.63, 3.8) is 0 Å². The molecule has 3 heterocycles. The Morgan fingerprint density at radius 1 is 1.46 bits per heavy atom. The van der Waals surface area contributed by atoms with Crippen molar-refractivity contribution < 1.29 is 14.0 Å². The zero-order valence-electron chi connectivity index (χ0n) is 15.9. The number of hydrogen-bond acceptors (Lipinski definition) is 6. The highest BCUT2D eigenvalue weighted by atomic mass is 16.7. The Labute approximate surface area is 161 Å². The predicted octanol–water partition coefficient (Wildman–Crippen LogP) is 2.43. The van der Waals surface area contributed by atoms with Gasteiger partial charge in [-0.25, -0.2) is 10.0 Å². The maximum absolute atomic E-state index is 12.4. The lowest BCUT2D eigenvalue weighted by atomic mass is 10.2. The summed E-state index contributed by atoms with van der Waals surface area (Å²) in [7, 11) is 0. The molecule has 3 rings (SSSR count). The van der Waals surface area contributed by atoms with Crippen molar-refractivity contribution in [2.45, 2.75) is 39.3 Å². The van der Waals surface area contributed by atoms with E-state index >= 15 is 0 Å². The van der Waals surface area contributed by atoms with E-state index in [0.29, 0.717) is 48.4 Å². The van der Waals surface area contributed by atoms with Crippen molar-refractivity contribution >= 4 is 17.4 Å². The Balaban J connectivity index is 1.98. The SMILES string of the molecule is CC(C)(C)ON(C=O)CCCn1c(-c2ccco2)c(C#N)c2nc[nH]c(=O)c21. The molecule has 1 N–H and O–H groups in total. The fourth-order valence-corrected chi connectivity index (χ4v) is 3.04. The largest absolute Gasteiger partial charge is 0.463 e. The van der Waals surface area contributed by atoms with E-state index in [1.54, 1.807) is 16.7 Å². The smallest absolute Gasteiger partial charge is 0.275 e. The maximum atomic E-state index is 12.4. The van der Waals surface area contributed by atoms with Crippen LogP contribution in [0.1, 0.15) is 32.8 Å². The van der Waals surface area contributed by atoms with Gasteiger partial charge in [-0.1, -0.05) is 0 Å². The van der Waals surface area contributed by atoms with Crippen molar-refractivity contribution in [1.29, 1.82) is 5.26 Å². The number of rotatable bonds is 7. The molecule has 9 nitrogen and oxygen atoms in total. The highest BCUT2D eigenvalue weighted by molar-refractivity contribution is 5.90. The van der Waals surface area contributed by atoms with Gasteiger partial charge in [0.1, 0.15) is 28.4 Å². The Hall–Kier alpha value is -3.38. The Morgan fingerprint density at radius 3 is 2.86 bits per heavy atom. The van der Waals surface area contributed by atoms with E-state index in [-0.39, 0.29) is 11.1 Å². The predicted molar refractivity (Wildman–Crippen MR) is 101 cm³/mol. The molecule has 0 radical (unpaired) electrons. The van der Waals surface area contributed by atoms with Gasteiger partial charge in [0.15, 0.2) is 5.76 Å². The minimum atomic E-state index is -0.505. The number of hydroxylamine groups is 2. The van der Waals surface area contributed by atoms with Gasteiger partial charge in [0, 0.05) is 6.54 Å². The summed E-state index contributed by atoms with van der Waals surface area (Å²) in [4.78, 5) is 36.0. The molecule has 0 aliphatic heterocycles. The van der Waals surface area contributed by atoms with E-state index < -0.39 is 5.60 Å². The van der Waals surface area contributed by atoms with Gasteiger partial charge in [-0.15, -0.1) is 0 Å². The number of furan rings is 1. The first-order valence-corrected chi connectivity index (χ1v) is 8.80. The number of H-pyrrole nitrogens is 1. The average molecular weight is 383 g/mol. The van der Waals surface area contributed by atoms with Gasteiger partial charge in [-0.2, -0.15) is 5.26 Å². The van der Waals surface area contributed by atoms with Gasteiger partial charge in [0.2, 0.25) is 6.41 Å². The first kappa shape index (κ1) is 19.4. The molecule has 3 aromatic heterocycles. The third-order valence-electron chi connectivity index (χ3n) is 3.98. The standard InChI is InChI=1S/C19H21N5O4/c1-19(2,3)28-23(12-25)7-5-8-24-16(14-6-4-9-27-14)13(10-20)15-17(24)18(26)22-11-21-15/h4,6,9,11-12H,5,7-8H2,1-3H3,(H,21,22,26). The van der Waals surface area contributed by atoms with Crippen LogP contribution in [0.2, 0.25) is 0 Å². The van der Waals surface area contributed by atoms with Crippen LogP contribution in [0, 0.1) is 11.3 Å². The highest BCUT2D eigenvalue weighted by Crippen LogP contribution is 2.31. The van der Waals surface area contributed by atoms with Crippen LogP contribution in [0.25, 0.3) is 22.5 Å². The fraction of sp³-hybridized carbons (Fsp3) is 0.368.